The zero-order valence-corrected chi connectivity index (χ0v) is 16.0. The minimum atomic E-state index is -0.505. The van der Waals surface area contributed by atoms with Gasteiger partial charge in [-0.05, 0) is 17.0 Å². The van der Waals surface area contributed by atoms with Crippen LogP contribution in [-0.4, -0.2) is 24.9 Å². The fraction of sp³-hybridized carbons (Fsp3) is 0.556. The summed E-state index contributed by atoms with van der Waals surface area (Å²) < 4.78 is 0. The first-order valence-corrected chi connectivity index (χ1v) is 8.01. The second kappa shape index (κ2) is 9.64. The van der Waals surface area contributed by atoms with Crippen LogP contribution in [0.25, 0.3) is 0 Å². The summed E-state index contributed by atoms with van der Waals surface area (Å²) in [5, 5.41) is 5.36. The maximum atomic E-state index is 11.8. The smallest absolute Gasteiger partial charge is 0.239 e. The van der Waals surface area contributed by atoms with Gasteiger partial charge in [-0.15, -0.1) is 12.4 Å². The van der Waals surface area contributed by atoms with Crippen molar-refractivity contribution in [3.05, 3.63) is 35.4 Å². The normalized spacial score (nSPS) is 12.3. The molecule has 0 aliphatic heterocycles. The SMILES string of the molecule is CC(C)c1ccc(C(N)CNC(=O)CNC(=O)C(C)(C)C)cc1.Cl. The van der Waals surface area contributed by atoms with E-state index in [9.17, 15) is 9.59 Å². The first kappa shape index (κ1) is 22.4. The summed E-state index contributed by atoms with van der Waals surface area (Å²) in [6.45, 7) is 9.99. The zero-order valence-electron chi connectivity index (χ0n) is 15.2. The lowest BCUT2D eigenvalue weighted by Crippen LogP contribution is -2.43. The molecule has 136 valence electrons. The topological polar surface area (TPSA) is 84.2 Å². The van der Waals surface area contributed by atoms with Crippen LogP contribution >= 0.6 is 12.4 Å². The highest BCUT2D eigenvalue weighted by Gasteiger charge is 2.21. The monoisotopic (exact) mass is 355 g/mol. The molecule has 0 radical (unpaired) electrons. The van der Waals surface area contributed by atoms with Crippen LogP contribution in [0.5, 0.6) is 0 Å². The number of amides is 2. The number of rotatable bonds is 6. The third kappa shape index (κ3) is 7.32. The summed E-state index contributed by atoms with van der Waals surface area (Å²) in [4.78, 5) is 23.5. The van der Waals surface area contributed by atoms with E-state index < -0.39 is 5.41 Å². The number of hydrogen-bond acceptors (Lipinski definition) is 3. The molecule has 1 unspecified atom stereocenters. The summed E-state index contributed by atoms with van der Waals surface area (Å²) >= 11 is 0. The predicted molar refractivity (Wildman–Crippen MR) is 100 cm³/mol. The third-order valence-electron chi connectivity index (χ3n) is 3.64. The second-order valence-electron chi connectivity index (χ2n) is 7.16. The van der Waals surface area contributed by atoms with Crippen LogP contribution in [0.2, 0.25) is 0 Å². The van der Waals surface area contributed by atoms with Gasteiger partial charge in [0.2, 0.25) is 11.8 Å². The number of carbonyl (C=O) groups excluding carboxylic acids is 2. The first-order valence-electron chi connectivity index (χ1n) is 8.01. The van der Waals surface area contributed by atoms with Gasteiger partial charge in [0.15, 0.2) is 0 Å². The molecule has 1 aromatic rings. The van der Waals surface area contributed by atoms with Crippen molar-refractivity contribution in [1.82, 2.24) is 10.6 Å². The molecule has 1 aromatic carbocycles. The Balaban J connectivity index is 0.00000529. The Labute approximate surface area is 151 Å². The average molecular weight is 356 g/mol. The first-order chi connectivity index (χ1) is 10.6. The Hall–Kier alpha value is -1.59. The van der Waals surface area contributed by atoms with Crippen LogP contribution in [0.4, 0.5) is 0 Å². The summed E-state index contributed by atoms with van der Waals surface area (Å²) in [5.41, 5.74) is 7.83. The number of nitrogens with two attached hydrogens (primary N) is 1. The lowest BCUT2D eigenvalue weighted by atomic mass is 9.96. The molecule has 0 saturated carbocycles. The number of benzene rings is 1. The maximum absolute atomic E-state index is 11.8. The van der Waals surface area contributed by atoms with Gasteiger partial charge in [-0.2, -0.15) is 0 Å². The molecule has 6 heteroatoms. The summed E-state index contributed by atoms with van der Waals surface area (Å²) in [5.74, 6) is 0.0875. The molecule has 0 fully saturated rings. The van der Waals surface area contributed by atoms with Gasteiger partial charge in [-0.25, -0.2) is 0 Å². The second-order valence-corrected chi connectivity index (χ2v) is 7.16. The van der Waals surface area contributed by atoms with E-state index in [-0.39, 0.29) is 36.8 Å². The lowest BCUT2D eigenvalue weighted by molar-refractivity contribution is -0.131. The van der Waals surface area contributed by atoms with Crippen LogP contribution in [-0.2, 0) is 9.59 Å². The number of carbonyl (C=O) groups is 2. The molecule has 0 saturated heterocycles. The fourth-order valence-corrected chi connectivity index (χ4v) is 1.96. The summed E-state index contributed by atoms with van der Waals surface area (Å²) in [6.07, 6.45) is 0. The molecule has 0 aliphatic carbocycles. The van der Waals surface area contributed by atoms with Crippen molar-refractivity contribution in [3.8, 4) is 0 Å². The molecule has 1 atom stereocenters. The van der Waals surface area contributed by atoms with Crippen LogP contribution < -0.4 is 16.4 Å². The minimum Gasteiger partial charge on any atom is -0.353 e. The van der Waals surface area contributed by atoms with Crippen molar-refractivity contribution < 1.29 is 9.59 Å². The van der Waals surface area contributed by atoms with Crippen LogP contribution in [0.15, 0.2) is 24.3 Å². The Morgan fingerprint density at radius 1 is 1.04 bits per heavy atom. The summed E-state index contributed by atoms with van der Waals surface area (Å²) in [7, 11) is 0. The van der Waals surface area contributed by atoms with E-state index in [1.165, 1.54) is 5.56 Å². The highest BCUT2D eigenvalue weighted by atomic mass is 35.5. The quantitative estimate of drug-likeness (QED) is 0.733. The molecule has 2 amide bonds. The Bertz CT molecular complexity index is 536. The van der Waals surface area contributed by atoms with E-state index in [2.05, 4.69) is 36.6 Å². The Kier molecular flexibility index (Phi) is 9.01. The minimum absolute atomic E-state index is 0. The predicted octanol–water partition coefficient (Wildman–Crippen LogP) is 2.51. The van der Waals surface area contributed by atoms with Crippen molar-refractivity contribution in [2.75, 3.05) is 13.1 Å². The van der Waals surface area contributed by atoms with E-state index in [0.717, 1.165) is 5.56 Å². The molecule has 0 bridgehead atoms. The Morgan fingerprint density at radius 2 is 1.54 bits per heavy atom. The standard InChI is InChI=1S/C18H29N3O2.ClH/c1-12(2)13-6-8-14(9-7-13)15(19)10-20-16(22)11-21-17(23)18(3,4)5;/h6-9,12,15H,10-11,19H2,1-5H3,(H,20,22)(H,21,23);1H. The van der Waals surface area contributed by atoms with E-state index in [1.54, 1.807) is 20.8 Å². The molecule has 5 nitrogen and oxygen atoms in total. The molecule has 0 aliphatic rings. The Morgan fingerprint density at radius 3 is 2.00 bits per heavy atom. The van der Waals surface area contributed by atoms with Crippen LogP contribution in [0.1, 0.15) is 57.7 Å². The molecule has 24 heavy (non-hydrogen) atoms. The maximum Gasteiger partial charge on any atom is 0.239 e. The van der Waals surface area contributed by atoms with Crippen molar-refractivity contribution in [2.45, 2.75) is 46.6 Å². The van der Waals surface area contributed by atoms with Crippen molar-refractivity contribution in [3.63, 3.8) is 0 Å². The van der Waals surface area contributed by atoms with Gasteiger partial charge in [-0.1, -0.05) is 58.9 Å². The van der Waals surface area contributed by atoms with Gasteiger partial charge in [0, 0.05) is 18.0 Å². The van der Waals surface area contributed by atoms with E-state index in [1.807, 2.05) is 12.1 Å². The number of hydrogen-bond donors (Lipinski definition) is 3. The van der Waals surface area contributed by atoms with E-state index >= 15 is 0 Å². The molecule has 0 spiro atoms. The zero-order chi connectivity index (χ0) is 17.6. The molecule has 1 rings (SSSR count). The molecular formula is C18H30ClN3O2. The van der Waals surface area contributed by atoms with Gasteiger partial charge in [0.05, 0.1) is 6.54 Å². The molecule has 0 aromatic heterocycles. The van der Waals surface area contributed by atoms with Gasteiger partial charge in [0.25, 0.3) is 0 Å². The van der Waals surface area contributed by atoms with Crippen LogP contribution in [0, 0.1) is 5.41 Å². The highest BCUT2D eigenvalue weighted by Crippen LogP contribution is 2.17. The van der Waals surface area contributed by atoms with Crippen molar-refractivity contribution in [2.24, 2.45) is 11.1 Å². The van der Waals surface area contributed by atoms with Crippen molar-refractivity contribution >= 4 is 24.2 Å². The van der Waals surface area contributed by atoms with Gasteiger partial charge in [-0.3, -0.25) is 9.59 Å². The average Bonchev–Trinajstić information content (AvgIpc) is 2.49. The number of halogens is 1. The van der Waals surface area contributed by atoms with E-state index in [0.29, 0.717) is 12.5 Å². The van der Waals surface area contributed by atoms with Gasteiger partial charge >= 0.3 is 0 Å². The van der Waals surface area contributed by atoms with Gasteiger partial charge in [0.1, 0.15) is 0 Å². The third-order valence-corrected chi connectivity index (χ3v) is 3.64. The number of nitrogens with one attached hydrogen (secondary N) is 2. The molecular weight excluding hydrogens is 326 g/mol. The van der Waals surface area contributed by atoms with Crippen molar-refractivity contribution in [1.29, 1.82) is 0 Å². The summed E-state index contributed by atoms with van der Waals surface area (Å²) in [6, 6.07) is 7.84. The molecule has 0 heterocycles. The van der Waals surface area contributed by atoms with E-state index in [4.69, 9.17) is 5.73 Å². The van der Waals surface area contributed by atoms with Gasteiger partial charge < -0.3 is 16.4 Å². The largest absolute Gasteiger partial charge is 0.353 e. The lowest BCUT2D eigenvalue weighted by Gasteiger charge is -2.18. The fourth-order valence-electron chi connectivity index (χ4n) is 1.96. The molecule has 4 N–H and O–H groups in total. The van der Waals surface area contributed by atoms with Crippen LogP contribution in [0.3, 0.4) is 0 Å². The highest BCUT2D eigenvalue weighted by molar-refractivity contribution is 5.87.